The van der Waals surface area contributed by atoms with E-state index in [-0.39, 0.29) is 30.0 Å². The molecule has 1 aromatic carbocycles. The van der Waals surface area contributed by atoms with Crippen LogP contribution >= 0.6 is 12.4 Å². The monoisotopic (exact) mass is 340 g/mol. The maximum atomic E-state index is 12.3. The first-order chi connectivity index (χ1) is 10.6. The summed E-state index contributed by atoms with van der Waals surface area (Å²) in [6, 6.07) is 4.83. The van der Waals surface area contributed by atoms with Gasteiger partial charge in [0.05, 0.1) is 4.92 Å². The van der Waals surface area contributed by atoms with Gasteiger partial charge in [-0.1, -0.05) is 0 Å². The van der Waals surface area contributed by atoms with Crippen LogP contribution in [-0.4, -0.2) is 29.5 Å². The molecule has 0 bridgehead atoms. The molecule has 0 saturated heterocycles. The molecule has 7 nitrogen and oxygen atoms in total. The number of nitrogens with one attached hydrogen (secondary N) is 2. The van der Waals surface area contributed by atoms with Crippen molar-refractivity contribution in [1.29, 1.82) is 0 Å². The van der Waals surface area contributed by atoms with Gasteiger partial charge in [-0.25, -0.2) is 0 Å². The van der Waals surface area contributed by atoms with Crippen molar-refractivity contribution in [2.45, 2.75) is 37.8 Å². The number of hydrogen-bond acceptors (Lipinski definition) is 5. The van der Waals surface area contributed by atoms with Crippen LogP contribution in [0.15, 0.2) is 18.2 Å². The number of nitrogens with zero attached hydrogens (tertiary/aromatic N) is 1. The second-order valence-electron chi connectivity index (χ2n) is 6.06. The lowest BCUT2D eigenvalue weighted by Crippen LogP contribution is -2.41. The Morgan fingerprint density at radius 3 is 2.57 bits per heavy atom. The number of nitro groups is 1. The third kappa shape index (κ3) is 4.33. The van der Waals surface area contributed by atoms with E-state index in [1.165, 1.54) is 6.07 Å². The molecular weight excluding hydrogens is 320 g/mol. The van der Waals surface area contributed by atoms with Gasteiger partial charge in [0.15, 0.2) is 0 Å². The van der Waals surface area contributed by atoms with Gasteiger partial charge in [-0.15, -0.1) is 12.4 Å². The smallest absolute Gasteiger partial charge is 0.293 e. The number of hydrogen-bond donors (Lipinski definition) is 3. The number of benzene rings is 1. The Morgan fingerprint density at radius 1 is 1.35 bits per heavy atom. The van der Waals surface area contributed by atoms with Crippen LogP contribution < -0.4 is 16.4 Å². The number of halogens is 1. The summed E-state index contributed by atoms with van der Waals surface area (Å²) in [5, 5.41) is 17.2. The van der Waals surface area contributed by atoms with Crippen LogP contribution in [0.2, 0.25) is 0 Å². The first-order valence-corrected chi connectivity index (χ1v) is 7.64. The van der Waals surface area contributed by atoms with Crippen molar-refractivity contribution in [2.75, 3.05) is 11.9 Å². The molecule has 8 heteroatoms. The zero-order valence-corrected chi connectivity index (χ0v) is 13.5. The maximum Gasteiger partial charge on any atom is 0.293 e. The lowest BCUT2D eigenvalue weighted by Gasteiger charge is -2.16. The van der Waals surface area contributed by atoms with Gasteiger partial charge >= 0.3 is 0 Å². The predicted molar refractivity (Wildman–Crippen MR) is 90.0 cm³/mol. The molecule has 2 aliphatic rings. The molecule has 0 spiro atoms. The molecule has 0 aliphatic heterocycles. The van der Waals surface area contributed by atoms with Crippen molar-refractivity contribution in [1.82, 2.24) is 5.32 Å². The molecule has 1 aromatic rings. The van der Waals surface area contributed by atoms with Gasteiger partial charge in [0.1, 0.15) is 5.69 Å². The average Bonchev–Trinajstić information content (AvgIpc) is 3.37. The summed E-state index contributed by atoms with van der Waals surface area (Å²) in [7, 11) is 0. The lowest BCUT2D eigenvalue weighted by molar-refractivity contribution is -0.384. The molecule has 2 fully saturated rings. The van der Waals surface area contributed by atoms with Gasteiger partial charge in [0.2, 0.25) is 0 Å². The highest BCUT2D eigenvalue weighted by Crippen LogP contribution is 2.33. The summed E-state index contributed by atoms with van der Waals surface area (Å²) in [5.74, 6) is 0.142. The lowest BCUT2D eigenvalue weighted by atomic mass is 10.1. The van der Waals surface area contributed by atoms with E-state index >= 15 is 0 Å². The summed E-state index contributed by atoms with van der Waals surface area (Å²) in [4.78, 5) is 23.0. The minimum Gasteiger partial charge on any atom is -0.377 e. The minimum absolute atomic E-state index is 0. The van der Waals surface area contributed by atoms with Crippen molar-refractivity contribution in [3.8, 4) is 0 Å². The van der Waals surface area contributed by atoms with E-state index in [1.807, 2.05) is 0 Å². The van der Waals surface area contributed by atoms with Crippen molar-refractivity contribution in [3.05, 3.63) is 33.9 Å². The molecule has 4 N–H and O–H groups in total. The Morgan fingerprint density at radius 2 is 2.04 bits per heavy atom. The van der Waals surface area contributed by atoms with E-state index in [0.29, 0.717) is 29.8 Å². The fraction of sp³-hybridized carbons (Fsp3) is 0.533. The summed E-state index contributed by atoms with van der Waals surface area (Å²) in [6.07, 6.45) is 4.21. The highest BCUT2D eigenvalue weighted by molar-refractivity contribution is 5.96. The molecule has 1 unspecified atom stereocenters. The molecule has 0 heterocycles. The standard InChI is InChI=1S/C15H20N4O3.ClH/c16-8-13(9-1-2-9)18-15(20)10-3-6-12(17-11-4-5-11)14(7-10)19(21)22;/h3,6-7,9,11,13,17H,1-2,4-5,8,16H2,(H,18,20);1H. The Balaban J connectivity index is 0.00000192. The van der Waals surface area contributed by atoms with Gasteiger partial charge in [0, 0.05) is 30.3 Å². The molecular formula is C15H21ClN4O3. The number of rotatable bonds is 7. The van der Waals surface area contributed by atoms with Gasteiger partial charge < -0.3 is 16.4 Å². The van der Waals surface area contributed by atoms with Crippen LogP contribution in [-0.2, 0) is 0 Å². The molecule has 0 aromatic heterocycles. The van der Waals surface area contributed by atoms with Crippen LogP contribution in [0.3, 0.4) is 0 Å². The summed E-state index contributed by atoms with van der Waals surface area (Å²) < 4.78 is 0. The van der Waals surface area contributed by atoms with E-state index in [1.54, 1.807) is 12.1 Å². The maximum absolute atomic E-state index is 12.3. The number of anilines is 1. The SMILES string of the molecule is Cl.NCC(NC(=O)c1ccc(NC2CC2)c([N+](=O)[O-])c1)C1CC1. The van der Waals surface area contributed by atoms with Gasteiger partial charge in [0.25, 0.3) is 11.6 Å². The number of carbonyl (C=O) groups is 1. The van der Waals surface area contributed by atoms with Gasteiger partial charge in [-0.2, -0.15) is 0 Å². The molecule has 2 aliphatic carbocycles. The molecule has 0 radical (unpaired) electrons. The fourth-order valence-electron chi connectivity index (χ4n) is 2.51. The second-order valence-corrected chi connectivity index (χ2v) is 6.06. The first-order valence-electron chi connectivity index (χ1n) is 7.64. The van der Waals surface area contributed by atoms with Crippen molar-refractivity contribution in [3.63, 3.8) is 0 Å². The van der Waals surface area contributed by atoms with Crippen molar-refractivity contribution >= 4 is 29.7 Å². The first kappa shape index (κ1) is 17.5. The van der Waals surface area contributed by atoms with E-state index in [4.69, 9.17) is 5.73 Å². The minimum atomic E-state index is -0.456. The number of nitro benzene ring substituents is 1. The van der Waals surface area contributed by atoms with Crippen LogP contribution in [0.1, 0.15) is 36.0 Å². The molecule has 23 heavy (non-hydrogen) atoms. The number of nitrogens with two attached hydrogens (primary N) is 1. The normalized spacial score (nSPS) is 17.8. The van der Waals surface area contributed by atoms with E-state index < -0.39 is 4.92 Å². The Hall–Kier alpha value is -1.86. The molecule has 3 rings (SSSR count). The van der Waals surface area contributed by atoms with Crippen molar-refractivity contribution in [2.24, 2.45) is 11.7 Å². The van der Waals surface area contributed by atoms with E-state index in [9.17, 15) is 14.9 Å². The van der Waals surface area contributed by atoms with Crippen LogP contribution in [0.4, 0.5) is 11.4 Å². The largest absolute Gasteiger partial charge is 0.377 e. The fourth-order valence-corrected chi connectivity index (χ4v) is 2.51. The predicted octanol–water partition coefficient (Wildman–Crippen LogP) is 2.06. The highest BCUT2D eigenvalue weighted by atomic mass is 35.5. The average molecular weight is 341 g/mol. The Kier molecular flexibility index (Phi) is 5.43. The van der Waals surface area contributed by atoms with Gasteiger partial charge in [-0.05, 0) is 43.7 Å². The number of carbonyl (C=O) groups excluding carboxylic acids is 1. The van der Waals surface area contributed by atoms with E-state index in [2.05, 4.69) is 10.6 Å². The number of amides is 1. The Labute approximate surface area is 140 Å². The third-order valence-electron chi connectivity index (χ3n) is 4.16. The third-order valence-corrected chi connectivity index (χ3v) is 4.16. The quantitative estimate of drug-likeness (QED) is 0.519. The molecule has 1 atom stereocenters. The van der Waals surface area contributed by atoms with Crippen LogP contribution in [0, 0.1) is 16.0 Å². The van der Waals surface area contributed by atoms with Crippen molar-refractivity contribution < 1.29 is 9.72 Å². The summed E-state index contributed by atoms with van der Waals surface area (Å²) >= 11 is 0. The summed E-state index contributed by atoms with van der Waals surface area (Å²) in [5.41, 5.74) is 6.38. The van der Waals surface area contributed by atoms with Gasteiger partial charge in [-0.3, -0.25) is 14.9 Å². The van der Waals surface area contributed by atoms with Crippen LogP contribution in [0.25, 0.3) is 0 Å². The zero-order chi connectivity index (χ0) is 15.7. The zero-order valence-electron chi connectivity index (χ0n) is 12.7. The topological polar surface area (TPSA) is 110 Å². The highest BCUT2D eigenvalue weighted by Gasteiger charge is 2.32. The molecule has 2 saturated carbocycles. The second kappa shape index (κ2) is 7.14. The summed E-state index contributed by atoms with van der Waals surface area (Å²) in [6.45, 7) is 0.389. The van der Waals surface area contributed by atoms with Crippen LogP contribution in [0.5, 0.6) is 0 Å². The molecule has 126 valence electrons. The molecule has 1 amide bonds. The van der Waals surface area contributed by atoms with E-state index in [0.717, 1.165) is 25.7 Å². The Bertz CT molecular complexity index is 602.